The van der Waals surface area contributed by atoms with Crippen LogP contribution in [0, 0.1) is 11.3 Å². The molecule has 3 nitrogen and oxygen atoms in total. The van der Waals surface area contributed by atoms with E-state index >= 15 is 0 Å². The zero-order valence-corrected chi connectivity index (χ0v) is 14.3. The second kappa shape index (κ2) is 6.72. The van der Waals surface area contributed by atoms with Crippen molar-refractivity contribution in [2.45, 2.75) is 25.3 Å². The highest BCUT2D eigenvalue weighted by atomic mass is 32.1. The van der Waals surface area contributed by atoms with Gasteiger partial charge in [0.1, 0.15) is 0 Å². The van der Waals surface area contributed by atoms with E-state index in [9.17, 15) is 0 Å². The molecular formula is C20H19N3S. The maximum Gasteiger partial charge on any atom is 0.0991 e. The minimum Gasteiger partial charge on any atom is -0.298 e. The summed E-state index contributed by atoms with van der Waals surface area (Å²) in [6.45, 7) is 3.16. The number of rotatable bonds is 3. The van der Waals surface area contributed by atoms with E-state index in [1.54, 1.807) is 0 Å². The molecule has 1 fully saturated rings. The molecule has 4 heteroatoms. The van der Waals surface area contributed by atoms with E-state index in [2.05, 4.69) is 47.4 Å². The van der Waals surface area contributed by atoms with Crippen LogP contribution >= 0.6 is 11.3 Å². The monoisotopic (exact) mass is 333 g/mol. The summed E-state index contributed by atoms with van der Waals surface area (Å²) in [4.78, 5) is 7.37. The summed E-state index contributed by atoms with van der Waals surface area (Å²) in [5.41, 5.74) is 3.13. The molecule has 0 amide bonds. The number of nitriles is 1. The Bertz CT molecular complexity index is 843. The van der Waals surface area contributed by atoms with Crippen molar-refractivity contribution < 1.29 is 0 Å². The van der Waals surface area contributed by atoms with Gasteiger partial charge in [-0.15, -0.1) is 11.3 Å². The van der Waals surface area contributed by atoms with Gasteiger partial charge in [-0.05, 0) is 49.2 Å². The van der Waals surface area contributed by atoms with Crippen LogP contribution in [0.2, 0.25) is 0 Å². The standard InChI is InChI=1S/C20H19N3S/c21-12-15-7-9-16(10-8-15)13-23-11-3-4-17(14-23)20-22-18-5-1-2-6-19(18)24-20/h1-2,5-10,17H,3-4,11,13-14H2/t17-/m0/s1. The highest BCUT2D eigenvalue weighted by Crippen LogP contribution is 2.33. The molecule has 0 radical (unpaired) electrons. The first-order chi connectivity index (χ1) is 11.8. The summed E-state index contributed by atoms with van der Waals surface area (Å²) in [5.74, 6) is 0.537. The molecular weight excluding hydrogens is 314 g/mol. The third-order valence-corrected chi connectivity index (χ3v) is 5.85. The molecule has 0 spiro atoms. The number of fused-ring (bicyclic) bond motifs is 1. The van der Waals surface area contributed by atoms with Gasteiger partial charge in [0.25, 0.3) is 0 Å². The van der Waals surface area contributed by atoms with Crippen LogP contribution in [0.15, 0.2) is 48.5 Å². The summed E-state index contributed by atoms with van der Waals surface area (Å²) >= 11 is 1.84. The third-order valence-electron chi connectivity index (χ3n) is 4.65. The Hall–Kier alpha value is -2.22. The van der Waals surface area contributed by atoms with Crippen LogP contribution in [0.4, 0.5) is 0 Å². The lowest BCUT2D eigenvalue weighted by molar-refractivity contribution is 0.200. The van der Waals surface area contributed by atoms with E-state index in [4.69, 9.17) is 10.2 Å². The molecule has 24 heavy (non-hydrogen) atoms. The number of para-hydroxylation sites is 1. The Labute approximate surface area is 146 Å². The quantitative estimate of drug-likeness (QED) is 0.706. The van der Waals surface area contributed by atoms with Crippen molar-refractivity contribution in [2.24, 2.45) is 0 Å². The van der Waals surface area contributed by atoms with Gasteiger partial charge in [-0.1, -0.05) is 24.3 Å². The first-order valence-corrected chi connectivity index (χ1v) is 9.20. The van der Waals surface area contributed by atoms with Gasteiger partial charge in [0, 0.05) is 19.0 Å². The van der Waals surface area contributed by atoms with E-state index in [-0.39, 0.29) is 0 Å². The fourth-order valence-corrected chi connectivity index (χ4v) is 4.50. The molecule has 3 aromatic rings. The van der Waals surface area contributed by atoms with Gasteiger partial charge in [-0.3, -0.25) is 4.90 Å². The van der Waals surface area contributed by atoms with Crippen LogP contribution in [-0.2, 0) is 6.54 Å². The Morgan fingerprint density at radius 1 is 1.17 bits per heavy atom. The molecule has 1 aliphatic rings. The number of thiazole rings is 1. The molecule has 2 heterocycles. The van der Waals surface area contributed by atoms with Crippen molar-refractivity contribution in [3.63, 3.8) is 0 Å². The van der Waals surface area contributed by atoms with Crippen molar-refractivity contribution >= 4 is 21.6 Å². The number of piperidine rings is 1. The predicted molar refractivity (Wildman–Crippen MR) is 98.0 cm³/mol. The maximum absolute atomic E-state index is 8.90. The number of aromatic nitrogens is 1. The van der Waals surface area contributed by atoms with Gasteiger partial charge < -0.3 is 0 Å². The Kier molecular flexibility index (Phi) is 4.29. The average molecular weight is 333 g/mol. The lowest BCUT2D eigenvalue weighted by atomic mass is 9.98. The Morgan fingerprint density at radius 3 is 2.79 bits per heavy atom. The summed E-state index contributed by atoms with van der Waals surface area (Å²) in [6.07, 6.45) is 2.45. The molecule has 0 bridgehead atoms. The fourth-order valence-electron chi connectivity index (χ4n) is 3.41. The van der Waals surface area contributed by atoms with Crippen LogP contribution in [-0.4, -0.2) is 23.0 Å². The SMILES string of the molecule is N#Cc1ccc(CN2CCC[C@H](c3nc4ccccc4s3)C2)cc1. The zero-order chi connectivity index (χ0) is 16.4. The van der Waals surface area contributed by atoms with E-state index in [1.807, 2.05) is 23.5 Å². The molecule has 0 saturated carbocycles. The van der Waals surface area contributed by atoms with Crippen LogP contribution < -0.4 is 0 Å². The van der Waals surface area contributed by atoms with Crippen LogP contribution in [0.3, 0.4) is 0 Å². The zero-order valence-electron chi connectivity index (χ0n) is 13.5. The Morgan fingerprint density at radius 2 is 2.00 bits per heavy atom. The van der Waals surface area contributed by atoms with Gasteiger partial charge in [-0.2, -0.15) is 5.26 Å². The van der Waals surface area contributed by atoms with Gasteiger partial charge in [0.05, 0.1) is 26.9 Å². The lowest BCUT2D eigenvalue weighted by Crippen LogP contribution is -2.33. The lowest BCUT2D eigenvalue weighted by Gasteiger charge is -2.31. The summed E-state index contributed by atoms with van der Waals surface area (Å²) < 4.78 is 1.29. The highest BCUT2D eigenvalue weighted by Gasteiger charge is 2.24. The second-order valence-corrected chi connectivity index (χ2v) is 7.47. The smallest absolute Gasteiger partial charge is 0.0991 e. The summed E-state index contributed by atoms with van der Waals surface area (Å²) in [6, 6.07) is 18.5. The topological polar surface area (TPSA) is 39.9 Å². The van der Waals surface area contributed by atoms with E-state index in [0.29, 0.717) is 5.92 Å². The van der Waals surface area contributed by atoms with Gasteiger partial charge in [0.15, 0.2) is 0 Å². The van der Waals surface area contributed by atoms with Gasteiger partial charge >= 0.3 is 0 Å². The van der Waals surface area contributed by atoms with Gasteiger partial charge in [-0.25, -0.2) is 4.98 Å². The third kappa shape index (κ3) is 3.19. The predicted octanol–water partition coefficient (Wildman–Crippen LogP) is 4.55. The van der Waals surface area contributed by atoms with Crippen LogP contribution in [0.5, 0.6) is 0 Å². The van der Waals surface area contributed by atoms with Crippen molar-refractivity contribution in [2.75, 3.05) is 13.1 Å². The van der Waals surface area contributed by atoms with E-state index in [0.717, 1.165) is 30.7 Å². The highest BCUT2D eigenvalue weighted by molar-refractivity contribution is 7.18. The van der Waals surface area contributed by atoms with Crippen molar-refractivity contribution in [3.05, 3.63) is 64.7 Å². The minimum atomic E-state index is 0.537. The van der Waals surface area contributed by atoms with Gasteiger partial charge in [0.2, 0.25) is 0 Å². The molecule has 0 N–H and O–H groups in total. The van der Waals surface area contributed by atoms with Crippen molar-refractivity contribution in [3.8, 4) is 6.07 Å². The molecule has 1 atom stereocenters. The number of benzene rings is 2. The second-order valence-electron chi connectivity index (χ2n) is 6.40. The number of nitrogens with zero attached hydrogens (tertiary/aromatic N) is 3. The van der Waals surface area contributed by atoms with E-state index in [1.165, 1.54) is 28.1 Å². The van der Waals surface area contributed by atoms with Crippen LogP contribution in [0.1, 0.15) is 34.9 Å². The van der Waals surface area contributed by atoms with Crippen molar-refractivity contribution in [1.82, 2.24) is 9.88 Å². The molecule has 1 aromatic heterocycles. The molecule has 120 valence electrons. The Balaban J connectivity index is 1.47. The fraction of sp³-hybridized carbons (Fsp3) is 0.300. The average Bonchev–Trinajstić information content (AvgIpc) is 3.07. The molecule has 0 aliphatic carbocycles. The van der Waals surface area contributed by atoms with Crippen molar-refractivity contribution in [1.29, 1.82) is 5.26 Å². The van der Waals surface area contributed by atoms with E-state index < -0.39 is 0 Å². The molecule has 0 unspecified atom stereocenters. The molecule has 2 aromatic carbocycles. The molecule has 1 saturated heterocycles. The maximum atomic E-state index is 8.90. The first-order valence-electron chi connectivity index (χ1n) is 8.39. The normalized spacial score (nSPS) is 18.5. The summed E-state index contributed by atoms with van der Waals surface area (Å²) in [7, 11) is 0. The number of hydrogen-bond donors (Lipinski definition) is 0. The van der Waals surface area contributed by atoms with Crippen LogP contribution in [0.25, 0.3) is 10.2 Å². The number of hydrogen-bond acceptors (Lipinski definition) is 4. The first kappa shape index (κ1) is 15.3. The number of likely N-dealkylation sites (tertiary alicyclic amines) is 1. The summed E-state index contributed by atoms with van der Waals surface area (Å²) in [5, 5.41) is 10.2. The minimum absolute atomic E-state index is 0.537. The molecule has 4 rings (SSSR count). The largest absolute Gasteiger partial charge is 0.298 e. The molecule has 1 aliphatic heterocycles.